The largest absolute Gasteiger partial charge is 0.496 e. The molecular weight excluding hydrogens is 310 g/mol. The average Bonchev–Trinajstić information content (AvgIpc) is 2.59. The van der Waals surface area contributed by atoms with Crippen LogP contribution in [0, 0.1) is 10.1 Å². The molecule has 0 radical (unpaired) electrons. The standard InChI is InChI=1S/C17H19N3O4/c1-11(2)14-9-17(24-4)15(10-16(14)23-3)19-18-12-5-7-13(8-6-12)20(21)22/h5-11H,1-4H3. The molecule has 0 saturated heterocycles. The maximum atomic E-state index is 10.7. The highest BCUT2D eigenvalue weighted by Crippen LogP contribution is 2.38. The summed E-state index contributed by atoms with van der Waals surface area (Å²) >= 11 is 0. The zero-order valence-corrected chi connectivity index (χ0v) is 14.0. The molecule has 2 rings (SSSR count). The van der Waals surface area contributed by atoms with E-state index in [1.807, 2.05) is 6.07 Å². The summed E-state index contributed by atoms with van der Waals surface area (Å²) in [5.41, 5.74) is 2.06. The Hall–Kier alpha value is -2.96. The van der Waals surface area contributed by atoms with Crippen LogP contribution in [0.1, 0.15) is 25.3 Å². The van der Waals surface area contributed by atoms with Gasteiger partial charge in [0.25, 0.3) is 5.69 Å². The van der Waals surface area contributed by atoms with E-state index < -0.39 is 4.92 Å². The van der Waals surface area contributed by atoms with E-state index in [4.69, 9.17) is 9.47 Å². The van der Waals surface area contributed by atoms with Gasteiger partial charge in [0.1, 0.15) is 17.2 Å². The van der Waals surface area contributed by atoms with Crippen molar-refractivity contribution in [2.24, 2.45) is 10.2 Å². The lowest BCUT2D eigenvalue weighted by Crippen LogP contribution is -1.96. The molecule has 0 aliphatic rings. The lowest BCUT2D eigenvalue weighted by atomic mass is 10.0. The highest BCUT2D eigenvalue weighted by molar-refractivity contribution is 5.59. The number of azo groups is 1. The minimum Gasteiger partial charge on any atom is -0.496 e. The molecule has 2 aromatic rings. The first-order valence-corrected chi connectivity index (χ1v) is 7.38. The lowest BCUT2D eigenvalue weighted by molar-refractivity contribution is -0.384. The summed E-state index contributed by atoms with van der Waals surface area (Å²) in [5.74, 6) is 1.57. The number of hydrogen-bond acceptors (Lipinski definition) is 6. The Morgan fingerprint density at radius 3 is 2.12 bits per heavy atom. The van der Waals surface area contributed by atoms with Gasteiger partial charge < -0.3 is 9.47 Å². The Bertz CT molecular complexity index is 755. The molecule has 0 N–H and O–H groups in total. The van der Waals surface area contributed by atoms with E-state index in [2.05, 4.69) is 24.1 Å². The third-order valence-electron chi connectivity index (χ3n) is 3.49. The van der Waals surface area contributed by atoms with Crippen LogP contribution >= 0.6 is 0 Å². The second-order valence-corrected chi connectivity index (χ2v) is 5.39. The maximum Gasteiger partial charge on any atom is 0.269 e. The van der Waals surface area contributed by atoms with Crippen LogP contribution < -0.4 is 9.47 Å². The van der Waals surface area contributed by atoms with E-state index in [0.717, 1.165) is 5.56 Å². The fourth-order valence-electron chi connectivity index (χ4n) is 2.19. The van der Waals surface area contributed by atoms with Crippen molar-refractivity contribution in [2.45, 2.75) is 19.8 Å². The minimum absolute atomic E-state index is 0.00878. The Labute approximate surface area is 140 Å². The molecule has 0 unspecified atom stereocenters. The zero-order chi connectivity index (χ0) is 17.7. The van der Waals surface area contributed by atoms with Crippen molar-refractivity contribution in [3.63, 3.8) is 0 Å². The molecule has 0 atom stereocenters. The van der Waals surface area contributed by atoms with E-state index in [-0.39, 0.29) is 11.6 Å². The molecule has 0 aliphatic carbocycles. The lowest BCUT2D eigenvalue weighted by Gasteiger charge is -2.14. The van der Waals surface area contributed by atoms with Crippen molar-refractivity contribution in [2.75, 3.05) is 14.2 Å². The van der Waals surface area contributed by atoms with Crippen LogP contribution in [0.4, 0.5) is 17.1 Å². The summed E-state index contributed by atoms with van der Waals surface area (Å²) in [6.45, 7) is 4.13. The maximum absolute atomic E-state index is 10.7. The molecule has 0 saturated carbocycles. The molecule has 0 heterocycles. The van der Waals surface area contributed by atoms with Gasteiger partial charge in [0.2, 0.25) is 0 Å². The highest BCUT2D eigenvalue weighted by atomic mass is 16.6. The third kappa shape index (κ3) is 3.87. The fourth-order valence-corrected chi connectivity index (χ4v) is 2.19. The summed E-state index contributed by atoms with van der Waals surface area (Å²) in [4.78, 5) is 10.2. The summed E-state index contributed by atoms with van der Waals surface area (Å²) in [7, 11) is 3.17. The van der Waals surface area contributed by atoms with Crippen molar-refractivity contribution >= 4 is 17.1 Å². The van der Waals surface area contributed by atoms with Crippen molar-refractivity contribution < 1.29 is 14.4 Å². The summed E-state index contributed by atoms with van der Waals surface area (Å²) in [6.07, 6.45) is 0. The third-order valence-corrected chi connectivity index (χ3v) is 3.49. The molecule has 0 aliphatic heterocycles. The predicted molar refractivity (Wildman–Crippen MR) is 90.9 cm³/mol. The van der Waals surface area contributed by atoms with E-state index in [1.54, 1.807) is 20.3 Å². The number of non-ortho nitro benzene ring substituents is 1. The predicted octanol–water partition coefficient (Wildman–Crippen LogP) is 5.15. The second kappa shape index (κ2) is 7.54. The normalized spacial score (nSPS) is 11.0. The SMILES string of the molecule is COc1cc(C(C)C)c(OC)cc1N=Nc1ccc([N+](=O)[O-])cc1. The van der Waals surface area contributed by atoms with E-state index in [1.165, 1.54) is 24.3 Å². The summed E-state index contributed by atoms with van der Waals surface area (Å²) < 4.78 is 10.8. The van der Waals surface area contributed by atoms with Gasteiger partial charge >= 0.3 is 0 Å². The molecule has 7 heteroatoms. The number of nitrogens with zero attached hydrogens (tertiary/aromatic N) is 3. The van der Waals surface area contributed by atoms with Gasteiger partial charge in [-0.2, -0.15) is 5.11 Å². The van der Waals surface area contributed by atoms with Crippen LogP contribution in [-0.2, 0) is 0 Å². The minimum atomic E-state index is -0.459. The average molecular weight is 329 g/mol. The van der Waals surface area contributed by atoms with Gasteiger partial charge in [0.05, 0.1) is 24.8 Å². The van der Waals surface area contributed by atoms with Gasteiger partial charge in [-0.15, -0.1) is 5.11 Å². The molecule has 0 bridgehead atoms. The highest BCUT2D eigenvalue weighted by Gasteiger charge is 2.13. The van der Waals surface area contributed by atoms with E-state index in [0.29, 0.717) is 22.9 Å². The number of methoxy groups -OCH3 is 2. The van der Waals surface area contributed by atoms with Gasteiger partial charge in [-0.1, -0.05) is 13.8 Å². The second-order valence-electron chi connectivity index (χ2n) is 5.39. The van der Waals surface area contributed by atoms with Crippen LogP contribution in [0.2, 0.25) is 0 Å². The smallest absolute Gasteiger partial charge is 0.269 e. The molecular formula is C17H19N3O4. The molecule has 0 amide bonds. The Balaban J connectivity index is 2.35. The Morgan fingerprint density at radius 1 is 1.00 bits per heavy atom. The van der Waals surface area contributed by atoms with Crippen LogP contribution in [0.5, 0.6) is 11.5 Å². The first-order chi connectivity index (χ1) is 11.5. The van der Waals surface area contributed by atoms with Crippen LogP contribution in [-0.4, -0.2) is 19.1 Å². The van der Waals surface area contributed by atoms with E-state index in [9.17, 15) is 10.1 Å². The number of nitro benzene ring substituents is 1. The van der Waals surface area contributed by atoms with Gasteiger partial charge in [0.15, 0.2) is 0 Å². The summed E-state index contributed by atoms with van der Waals surface area (Å²) in [5, 5.41) is 18.9. The van der Waals surface area contributed by atoms with Gasteiger partial charge in [-0.25, -0.2) is 0 Å². The number of benzene rings is 2. The molecule has 0 aromatic heterocycles. The molecule has 126 valence electrons. The molecule has 0 spiro atoms. The fraction of sp³-hybridized carbons (Fsp3) is 0.294. The molecule has 0 fully saturated rings. The summed E-state index contributed by atoms with van der Waals surface area (Å²) in [6, 6.07) is 9.49. The van der Waals surface area contributed by atoms with Gasteiger partial charge in [-0.05, 0) is 24.1 Å². The number of nitro groups is 1. The molecule has 7 nitrogen and oxygen atoms in total. The van der Waals surface area contributed by atoms with Gasteiger partial charge in [-0.3, -0.25) is 10.1 Å². The number of hydrogen-bond donors (Lipinski definition) is 0. The zero-order valence-electron chi connectivity index (χ0n) is 14.0. The topological polar surface area (TPSA) is 86.3 Å². The quantitative estimate of drug-likeness (QED) is 0.416. The number of ether oxygens (including phenoxy) is 2. The number of rotatable bonds is 6. The Morgan fingerprint density at radius 2 is 1.62 bits per heavy atom. The molecule has 2 aromatic carbocycles. The van der Waals surface area contributed by atoms with Gasteiger partial charge in [0, 0.05) is 23.8 Å². The van der Waals surface area contributed by atoms with E-state index >= 15 is 0 Å². The van der Waals surface area contributed by atoms with Crippen molar-refractivity contribution in [3.8, 4) is 11.5 Å². The monoisotopic (exact) mass is 329 g/mol. The Kier molecular flexibility index (Phi) is 5.47. The van der Waals surface area contributed by atoms with Crippen molar-refractivity contribution in [1.82, 2.24) is 0 Å². The van der Waals surface area contributed by atoms with Crippen LogP contribution in [0.25, 0.3) is 0 Å². The van der Waals surface area contributed by atoms with Crippen LogP contribution in [0.3, 0.4) is 0 Å². The van der Waals surface area contributed by atoms with Crippen LogP contribution in [0.15, 0.2) is 46.6 Å². The van der Waals surface area contributed by atoms with Crippen molar-refractivity contribution in [3.05, 3.63) is 52.1 Å². The van der Waals surface area contributed by atoms with Crippen molar-refractivity contribution in [1.29, 1.82) is 0 Å². The molecule has 24 heavy (non-hydrogen) atoms. The first kappa shape index (κ1) is 17.4. The first-order valence-electron chi connectivity index (χ1n) is 7.38.